The fourth-order valence-corrected chi connectivity index (χ4v) is 3.82. The lowest BCUT2D eigenvalue weighted by atomic mass is 10.1. The molecule has 0 saturated heterocycles. The van der Waals surface area contributed by atoms with E-state index in [9.17, 15) is 14.4 Å². The summed E-state index contributed by atoms with van der Waals surface area (Å²) < 4.78 is 5.40. The molecule has 1 aromatic carbocycles. The van der Waals surface area contributed by atoms with Crippen molar-refractivity contribution in [1.29, 1.82) is 0 Å². The fourth-order valence-electron chi connectivity index (χ4n) is 3.82. The number of rotatable bonds is 19. The van der Waals surface area contributed by atoms with Crippen LogP contribution in [0.3, 0.4) is 0 Å². The number of esters is 1. The van der Waals surface area contributed by atoms with E-state index in [1.807, 2.05) is 13.0 Å². The Hall–Kier alpha value is -2.89. The van der Waals surface area contributed by atoms with Crippen molar-refractivity contribution in [3.8, 4) is 0 Å². The lowest BCUT2D eigenvalue weighted by molar-refractivity contribution is -0.137. The Labute approximate surface area is 217 Å². The van der Waals surface area contributed by atoms with Crippen LogP contribution in [0.2, 0.25) is 0 Å². The number of carboxylic acid groups (broad SMARTS) is 1. The van der Waals surface area contributed by atoms with Crippen LogP contribution in [-0.2, 0) is 9.53 Å². The Balaban J connectivity index is 2.28. The molecule has 0 unspecified atom stereocenters. The standard InChI is InChI=1S/C30H45NO5/c1-24(2)16-15-17-25(3)21-23-36-30(35)27-19-13-12-18-26(27)29(34)31-22-14-10-8-6-4-5-7-9-11-20-28(32)33/h12-13,16,18-19,21H,4-11,14-15,17,20,22-23H2,1-3H3,(H,31,34)(H,32,33)/b25-21+. The predicted molar refractivity (Wildman–Crippen MR) is 145 cm³/mol. The summed E-state index contributed by atoms with van der Waals surface area (Å²) in [7, 11) is 0. The van der Waals surface area contributed by atoms with Gasteiger partial charge in [-0.2, -0.15) is 0 Å². The van der Waals surface area contributed by atoms with Crippen molar-refractivity contribution in [1.82, 2.24) is 5.32 Å². The third-order valence-corrected chi connectivity index (χ3v) is 5.98. The molecule has 2 N–H and O–H groups in total. The largest absolute Gasteiger partial charge is 0.481 e. The quantitative estimate of drug-likeness (QED) is 0.119. The molecular weight excluding hydrogens is 454 g/mol. The molecule has 0 radical (unpaired) electrons. The number of carbonyl (C=O) groups excluding carboxylic acids is 2. The van der Waals surface area contributed by atoms with Gasteiger partial charge in [0.2, 0.25) is 0 Å². The number of carboxylic acids is 1. The number of hydrogen-bond donors (Lipinski definition) is 2. The van der Waals surface area contributed by atoms with E-state index in [1.165, 1.54) is 17.6 Å². The molecule has 0 heterocycles. The van der Waals surface area contributed by atoms with Crippen LogP contribution in [0, 0.1) is 0 Å². The van der Waals surface area contributed by atoms with Crippen LogP contribution in [0.4, 0.5) is 0 Å². The minimum Gasteiger partial charge on any atom is -0.481 e. The van der Waals surface area contributed by atoms with Gasteiger partial charge in [0.25, 0.3) is 5.91 Å². The van der Waals surface area contributed by atoms with Crippen molar-refractivity contribution in [3.63, 3.8) is 0 Å². The average Bonchev–Trinajstić information content (AvgIpc) is 2.84. The zero-order chi connectivity index (χ0) is 26.6. The van der Waals surface area contributed by atoms with Crippen LogP contribution in [0.5, 0.6) is 0 Å². The van der Waals surface area contributed by atoms with Crippen molar-refractivity contribution in [3.05, 3.63) is 58.7 Å². The first-order valence-electron chi connectivity index (χ1n) is 13.4. The minimum atomic E-state index is -0.713. The Kier molecular flexibility index (Phi) is 16.7. The summed E-state index contributed by atoms with van der Waals surface area (Å²) in [5.74, 6) is -1.45. The molecule has 0 saturated carbocycles. The molecule has 36 heavy (non-hydrogen) atoms. The van der Waals surface area contributed by atoms with E-state index < -0.39 is 11.9 Å². The van der Waals surface area contributed by atoms with Gasteiger partial charge in [0.15, 0.2) is 0 Å². The predicted octanol–water partition coefficient (Wildman–Crippen LogP) is 7.25. The molecule has 6 heteroatoms. The summed E-state index contributed by atoms with van der Waals surface area (Å²) in [5, 5.41) is 11.5. The summed E-state index contributed by atoms with van der Waals surface area (Å²) in [6.45, 7) is 6.95. The highest BCUT2D eigenvalue weighted by Gasteiger charge is 2.17. The van der Waals surface area contributed by atoms with Gasteiger partial charge >= 0.3 is 11.9 Å². The molecule has 1 aromatic rings. The Bertz CT molecular complexity index is 868. The monoisotopic (exact) mass is 499 g/mol. The highest BCUT2D eigenvalue weighted by molar-refractivity contribution is 6.05. The third-order valence-electron chi connectivity index (χ3n) is 5.98. The second-order valence-corrected chi connectivity index (χ2v) is 9.60. The maximum absolute atomic E-state index is 12.7. The van der Waals surface area contributed by atoms with E-state index in [0.29, 0.717) is 12.1 Å². The number of nitrogens with one attached hydrogen (secondary N) is 1. The van der Waals surface area contributed by atoms with Gasteiger partial charge in [-0.3, -0.25) is 9.59 Å². The molecule has 0 spiro atoms. The van der Waals surface area contributed by atoms with Crippen LogP contribution in [-0.4, -0.2) is 36.1 Å². The number of carbonyl (C=O) groups is 3. The molecule has 6 nitrogen and oxygen atoms in total. The van der Waals surface area contributed by atoms with Crippen molar-refractivity contribution < 1.29 is 24.2 Å². The maximum atomic E-state index is 12.7. The van der Waals surface area contributed by atoms with Crippen LogP contribution in [0.25, 0.3) is 0 Å². The van der Waals surface area contributed by atoms with Crippen molar-refractivity contribution in [2.45, 2.75) is 97.8 Å². The summed E-state index contributed by atoms with van der Waals surface area (Å²) in [6, 6.07) is 6.77. The summed E-state index contributed by atoms with van der Waals surface area (Å²) >= 11 is 0. The highest BCUT2D eigenvalue weighted by Crippen LogP contribution is 2.13. The zero-order valence-electron chi connectivity index (χ0n) is 22.4. The van der Waals surface area contributed by atoms with E-state index in [4.69, 9.17) is 9.84 Å². The lowest BCUT2D eigenvalue weighted by Gasteiger charge is -2.10. The van der Waals surface area contributed by atoms with E-state index >= 15 is 0 Å². The van der Waals surface area contributed by atoms with Gasteiger partial charge < -0.3 is 15.2 Å². The first-order chi connectivity index (χ1) is 17.3. The van der Waals surface area contributed by atoms with Crippen LogP contribution < -0.4 is 5.32 Å². The van der Waals surface area contributed by atoms with Gasteiger partial charge in [0.1, 0.15) is 6.61 Å². The van der Waals surface area contributed by atoms with Crippen LogP contribution >= 0.6 is 0 Å². The van der Waals surface area contributed by atoms with Gasteiger partial charge in [-0.1, -0.05) is 74.3 Å². The number of ether oxygens (including phenoxy) is 1. The van der Waals surface area contributed by atoms with Crippen LogP contribution in [0.1, 0.15) is 119 Å². The molecule has 0 aliphatic heterocycles. The highest BCUT2D eigenvalue weighted by atomic mass is 16.5. The van der Waals surface area contributed by atoms with E-state index in [2.05, 4.69) is 25.2 Å². The summed E-state index contributed by atoms with van der Waals surface area (Å²) in [5.41, 5.74) is 3.09. The second-order valence-electron chi connectivity index (χ2n) is 9.60. The zero-order valence-corrected chi connectivity index (χ0v) is 22.4. The van der Waals surface area contributed by atoms with Crippen molar-refractivity contribution >= 4 is 17.8 Å². The molecule has 1 amide bonds. The number of hydrogen-bond acceptors (Lipinski definition) is 4. The summed E-state index contributed by atoms with van der Waals surface area (Å²) in [6.07, 6.45) is 15.6. The van der Waals surface area contributed by atoms with Gasteiger partial charge in [0.05, 0.1) is 11.1 Å². The molecular formula is C30H45NO5. The van der Waals surface area contributed by atoms with Gasteiger partial charge in [-0.15, -0.1) is 0 Å². The minimum absolute atomic E-state index is 0.192. The van der Waals surface area contributed by atoms with Crippen LogP contribution in [0.15, 0.2) is 47.6 Å². The molecule has 200 valence electrons. The smallest absolute Gasteiger partial charge is 0.339 e. The van der Waals surface area contributed by atoms with Crippen molar-refractivity contribution in [2.24, 2.45) is 0 Å². The van der Waals surface area contributed by atoms with E-state index in [0.717, 1.165) is 64.2 Å². The molecule has 1 rings (SSSR count). The Morgan fingerprint density at radius 1 is 0.806 bits per heavy atom. The first kappa shape index (κ1) is 31.1. The fraction of sp³-hybridized carbons (Fsp3) is 0.567. The maximum Gasteiger partial charge on any atom is 0.339 e. The number of amides is 1. The van der Waals surface area contributed by atoms with Gasteiger partial charge in [-0.25, -0.2) is 4.79 Å². The molecule has 0 fully saturated rings. The molecule has 0 atom stereocenters. The number of benzene rings is 1. The molecule has 0 bridgehead atoms. The van der Waals surface area contributed by atoms with E-state index in [-0.39, 0.29) is 24.5 Å². The molecule has 0 aliphatic rings. The summed E-state index contributed by atoms with van der Waals surface area (Å²) in [4.78, 5) is 35.7. The normalized spacial score (nSPS) is 11.1. The first-order valence-corrected chi connectivity index (χ1v) is 13.4. The topological polar surface area (TPSA) is 92.7 Å². The van der Waals surface area contributed by atoms with E-state index in [1.54, 1.807) is 24.3 Å². The second kappa shape index (κ2) is 19.3. The Morgan fingerprint density at radius 3 is 2.00 bits per heavy atom. The SMILES string of the molecule is CC(C)=CCC/C(C)=C/COC(=O)c1ccccc1C(=O)NCCCCCCCCCCCC(=O)O. The molecule has 0 aromatic heterocycles. The van der Waals surface area contributed by atoms with Crippen molar-refractivity contribution in [2.75, 3.05) is 13.2 Å². The van der Waals surface area contributed by atoms with Gasteiger partial charge in [0, 0.05) is 13.0 Å². The number of allylic oxidation sites excluding steroid dienone is 3. The average molecular weight is 500 g/mol. The lowest BCUT2D eigenvalue weighted by Crippen LogP contribution is -2.26. The third kappa shape index (κ3) is 15.2. The Morgan fingerprint density at radius 2 is 1.39 bits per heavy atom. The number of aliphatic carboxylic acids is 1. The number of unbranched alkanes of at least 4 members (excludes halogenated alkanes) is 8. The molecule has 0 aliphatic carbocycles. The van der Waals surface area contributed by atoms with Gasteiger partial charge in [-0.05, 0) is 64.7 Å².